The largest absolute Gasteiger partial charge is 0.487 e. The average molecular weight is 484 g/mol. The first-order valence-electron chi connectivity index (χ1n) is 13.4. The maximum absolute atomic E-state index is 14.6. The Bertz CT molecular complexity index is 974. The predicted octanol–water partition coefficient (Wildman–Crippen LogP) is 5.23. The van der Waals surface area contributed by atoms with Gasteiger partial charge in [0.2, 0.25) is 17.8 Å². The first-order chi connectivity index (χ1) is 17.2. The number of ether oxygens (including phenoxy) is 1. The van der Waals surface area contributed by atoms with Gasteiger partial charge in [0.05, 0.1) is 6.10 Å². The molecule has 1 aromatic heterocycles. The molecule has 0 amide bonds. The summed E-state index contributed by atoms with van der Waals surface area (Å²) >= 11 is 0. The van der Waals surface area contributed by atoms with Gasteiger partial charge < -0.3 is 26.0 Å². The van der Waals surface area contributed by atoms with Gasteiger partial charge in [0.15, 0.2) is 11.6 Å². The lowest BCUT2D eigenvalue weighted by molar-refractivity contribution is 0.287. The molecule has 2 aliphatic carbocycles. The van der Waals surface area contributed by atoms with Crippen LogP contribution in [0.2, 0.25) is 0 Å². The average Bonchev–Trinajstić information content (AvgIpc) is 3.52. The summed E-state index contributed by atoms with van der Waals surface area (Å²) in [7, 11) is 0. The number of benzene rings is 1. The zero-order valence-corrected chi connectivity index (χ0v) is 20.7. The monoisotopic (exact) mass is 483 g/mol. The van der Waals surface area contributed by atoms with Crippen LogP contribution in [0.25, 0.3) is 0 Å². The molecule has 2 aromatic rings. The van der Waals surface area contributed by atoms with Crippen molar-refractivity contribution in [2.75, 3.05) is 29.0 Å². The Morgan fingerprint density at radius 3 is 2.51 bits per heavy atom. The van der Waals surface area contributed by atoms with Crippen LogP contribution in [0.5, 0.6) is 5.75 Å². The van der Waals surface area contributed by atoms with Crippen molar-refractivity contribution in [2.24, 2.45) is 5.92 Å². The highest BCUT2D eigenvalue weighted by Gasteiger charge is 2.26. The summed E-state index contributed by atoms with van der Waals surface area (Å²) in [6, 6.07) is 5.53. The second-order valence-corrected chi connectivity index (χ2v) is 10.1. The van der Waals surface area contributed by atoms with Gasteiger partial charge >= 0.3 is 0 Å². The summed E-state index contributed by atoms with van der Waals surface area (Å²) in [4.78, 5) is 13.9. The fourth-order valence-corrected chi connectivity index (χ4v) is 5.08. The minimum absolute atomic E-state index is 0.152. The van der Waals surface area contributed by atoms with Crippen LogP contribution in [0.1, 0.15) is 71.1 Å². The molecule has 2 atom stereocenters. The Labute approximate surface area is 207 Å². The van der Waals surface area contributed by atoms with E-state index in [1.807, 2.05) is 0 Å². The molecule has 3 aliphatic rings. The second kappa shape index (κ2) is 11.4. The van der Waals surface area contributed by atoms with E-state index in [1.54, 1.807) is 12.1 Å². The van der Waals surface area contributed by atoms with Crippen LogP contribution in [-0.2, 0) is 0 Å². The quantitative estimate of drug-likeness (QED) is 0.345. The minimum atomic E-state index is -0.386. The molecule has 0 spiro atoms. The lowest BCUT2D eigenvalue weighted by Gasteiger charge is -2.24. The molecule has 2 unspecified atom stereocenters. The molecule has 1 aliphatic heterocycles. The van der Waals surface area contributed by atoms with Gasteiger partial charge in [-0.1, -0.05) is 26.2 Å². The summed E-state index contributed by atoms with van der Waals surface area (Å²) in [6.07, 6.45) is 11.8. The molecule has 2 heterocycles. The first kappa shape index (κ1) is 24.0. The molecule has 35 heavy (non-hydrogen) atoms. The third kappa shape index (κ3) is 6.72. The Hall–Kier alpha value is -2.68. The number of halogens is 1. The van der Waals surface area contributed by atoms with Crippen molar-refractivity contribution in [1.82, 2.24) is 20.3 Å². The number of nitrogens with one attached hydrogen (secondary N) is 4. The van der Waals surface area contributed by atoms with Gasteiger partial charge in [0.25, 0.3) is 0 Å². The van der Waals surface area contributed by atoms with E-state index < -0.39 is 0 Å². The van der Waals surface area contributed by atoms with Crippen LogP contribution in [-0.4, -0.2) is 46.2 Å². The van der Waals surface area contributed by atoms with Crippen molar-refractivity contribution >= 4 is 23.5 Å². The predicted molar refractivity (Wildman–Crippen MR) is 137 cm³/mol. The van der Waals surface area contributed by atoms with Gasteiger partial charge in [-0.3, -0.25) is 0 Å². The Balaban J connectivity index is 1.32. The topological polar surface area (TPSA) is 96.0 Å². The van der Waals surface area contributed by atoms with Crippen molar-refractivity contribution < 1.29 is 9.13 Å². The van der Waals surface area contributed by atoms with E-state index in [9.17, 15) is 4.39 Å². The molecule has 8 nitrogen and oxygen atoms in total. The molecular weight excluding hydrogens is 445 g/mol. The lowest BCUT2D eigenvalue weighted by Crippen LogP contribution is -2.40. The standard InChI is InChI=1S/C26H38FN7O/c1-2-21(22-9-6-14-28-22)31-26-33-24(29-16-17-7-4-3-5-8-17)32-25(34-26)30-18-10-13-23(20(27)15-18)35-19-11-12-19/h10,13,15,17,19,21-22,28H,2-9,11-12,14,16H2,1H3,(H3,29,30,31,32,33,34). The molecule has 190 valence electrons. The molecular formula is C26H38FN7O. The number of rotatable bonds is 11. The zero-order valence-electron chi connectivity index (χ0n) is 20.7. The fourth-order valence-electron chi connectivity index (χ4n) is 5.08. The van der Waals surface area contributed by atoms with Gasteiger partial charge in [-0.2, -0.15) is 15.0 Å². The number of hydrogen-bond donors (Lipinski definition) is 4. The summed E-state index contributed by atoms with van der Waals surface area (Å²) in [5.41, 5.74) is 0.575. The minimum Gasteiger partial charge on any atom is -0.487 e. The van der Waals surface area contributed by atoms with Gasteiger partial charge in [-0.05, 0) is 69.5 Å². The van der Waals surface area contributed by atoms with Gasteiger partial charge in [-0.15, -0.1) is 0 Å². The van der Waals surface area contributed by atoms with E-state index >= 15 is 0 Å². The number of nitrogens with zero attached hydrogens (tertiary/aromatic N) is 3. The van der Waals surface area contributed by atoms with Gasteiger partial charge in [0.1, 0.15) is 0 Å². The number of hydrogen-bond acceptors (Lipinski definition) is 8. The Morgan fingerprint density at radius 2 is 1.80 bits per heavy atom. The maximum Gasteiger partial charge on any atom is 0.233 e. The molecule has 0 bridgehead atoms. The van der Waals surface area contributed by atoms with E-state index in [2.05, 4.69) is 43.1 Å². The fraction of sp³-hybridized carbons (Fsp3) is 0.654. The van der Waals surface area contributed by atoms with Crippen molar-refractivity contribution in [3.05, 3.63) is 24.0 Å². The molecule has 0 radical (unpaired) electrons. The highest BCUT2D eigenvalue weighted by Crippen LogP contribution is 2.30. The maximum atomic E-state index is 14.6. The Kier molecular flexibility index (Phi) is 7.81. The summed E-state index contributed by atoms with van der Waals surface area (Å²) in [6.45, 7) is 4.08. The first-order valence-corrected chi connectivity index (χ1v) is 13.4. The summed E-state index contributed by atoms with van der Waals surface area (Å²) in [5, 5.41) is 13.7. The smallest absolute Gasteiger partial charge is 0.233 e. The van der Waals surface area contributed by atoms with Gasteiger partial charge in [0, 0.05) is 30.4 Å². The molecule has 3 fully saturated rings. The Morgan fingerprint density at radius 1 is 1.00 bits per heavy atom. The second-order valence-electron chi connectivity index (χ2n) is 10.1. The SMILES string of the molecule is CCC(Nc1nc(NCC2CCCCC2)nc(Nc2ccc(OC3CC3)c(F)c2)n1)C1CCCN1. The molecule has 9 heteroatoms. The number of anilines is 4. The van der Waals surface area contributed by atoms with Crippen molar-refractivity contribution in [3.63, 3.8) is 0 Å². The van der Waals surface area contributed by atoms with E-state index in [0.29, 0.717) is 41.2 Å². The highest BCUT2D eigenvalue weighted by atomic mass is 19.1. The third-order valence-corrected chi connectivity index (χ3v) is 7.25. The van der Waals surface area contributed by atoms with E-state index in [0.717, 1.165) is 38.8 Å². The van der Waals surface area contributed by atoms with Crippen LogP contribution >= 0.6 is 0 Å². The van der Waals surface area contributed by atoms with Crippen LogP contribution < -0.4 is 26.0 Å². The summed E-state index contributed by atoms with van der Waals surface area (Å²) in [5.74, 6) is 2.01. The molecule has 2 saturated carbocycles. The van der Waals surface area contributed by atoms with E-state index in [4.69, 9.17) is 4.74 Å². The van der Waals surface area contributed by atoms with Gasteiger partial charge in [-0.25, -0.2) is 4.39 Å². The number of aromatic nitrogens is 3. The highest BCUT2D eigenvalue weighted by molar-refractivity contribution is 5.57. The van der Waals surface area contributed by atoms with Crippen LogP contribution in [0.15, 0.2) is 18.2 Å². The van der Waals surface area contributed by atoms with Crippen molar-refractivity contribution in [3.8, 4) is 5.75 Å². The van der Waals surface area contributed by atoms with E-state index in [1.165, 1.54) is 44.6 Å². The van der Waals surface area contributed by atoms with E-state index in [-0.39, 0.29) is 18.0 Å². The molecule has 4 N–H and O–H groups in total. The van der Waals surface area contributed by atoms with Crippen molar-refractivity contribution in [2.45, 2.75) is 89.3 Å². The molecule has 1 saturated heterocycles. The lowest BCUT2D eigenvalue weighted by atomic mass is 9.89. The normalized spacial score (nSPS) is 21.5. The van der Waals surface area contributed by atoms with Crippen molar-refractivity contribution in [1.29, 1.82) is 0 Å². The zero-order chi connectivity index (χ0) is 24.0. The third-order valence-electron chi connectivity index (χ3n) is 7.25. The summed E-state index contributed by atoms with van der Waals surface area (Å²) < 4.78 is 20.2. The molecule has 5 rings (SSSR count). The van der Waals surface area contributed by atoms with Crippen LogP contribution in [0.3, 0.4) is 0 Å². The molecule has 1 aromatic carbocycles. The van der Waals surface area contributed by atoms with Crippen LogP contribution in [0, 0.1) is 11.7 Å². The van der Waals surface area contributed by atoms with Crippen LogP contribution in [0.4, 0.5) is 27.9 Å².